The largest absolute Gasteiger partial charge is 0.497 e. The van der Waals surface area contributed by atoms with Crippen LogP contribution in [0.25, 0.3) is 6.08 Å². The third-order valence-corrected chi connectivity index (χ3v) is 3.27. The van der Waals surface area contributed by atoms with Gasteiger partial charge in [0, 0.05) is 30.4 Å². The van der Waals surface area contributed by atoms with Gasteiger partial charge in [0.25, 0.3) is 0 Å². The average Bonchev–Trinajstić information content (AvgIpc) is 2.61. The molecule has 0 aromatic heterocycles. The molecule has 0 atom stereocenters. The number of nitrogens with one attached hydrogen (secondary N) is 2. The molecule has 2 amide bonds. The first-order valence-corrected chi connectivity index (χ1v) is 7.60. The number of hydrogen-bond donors (Lipinski definition) is 2. The van der Waals surface area contributed by atoms with Gasteiger partial charge >= 0.3 is 0 Å². The predicted octanol–water partition coefficient (Wildman–Crippen LogP) is 3.31. The molecule has 0 aliphatic heterocycles. The Morgan fingerprint density at radius 1 is 0.880 bits per heavy atom. The first-order chi connectivity index (χ1) is 12.0. The van der Waals surface area contributed by atoms with Gasteiger partial charge in [-0.25, -0.2) is 0 Å². The normalized spacial score (nSPS) is 10.4. The third kappa shape index (κ3) is 5.69. The number of benzene rings is 2. The maximum atomic E-state index is 12.0. The number of rotatable bonds is 6. The molecular formula is C19H20N2O4. The van der Waals surface area contributed by atoms with Gasteiger partial charge in [0.1, 0.15) is 11.5 Å². The molecule has 6 heteroatoms. The maximum Gasteiger partial charge on any atom is 0.248 e. The van der Waals surface area contributed by atoms with E-state index in [1.165, 1.54) is 13.0 Å². The molecule has 0 fully saturated rings. The molecule has 0 aliphatic rings. The highest BCUT2D eigenvalue weighted by atomic mass is 16.5. The Balaban J connectivity index is 2.02. The summed E-state index contributed by atoms with van der Waals surface area (Å²) in [5, 5.41) is 5.41. The fourth-order valence-electron chi connectivity index (χ4n) is 2.12. The van der Waals surface area contributed by atoms with Crippen molar-refractivity contribution < 1.29 is 19.1 Å². The highest BCUT2D eigenvalue weighted by Crippen LogP contribution is 2.23. The maximum absolute atomic E-state index is 12.0. The minimum absolute atomic E-state index is 0.145. The quantitative estimate of drug-likeness (QED) is 0.791. The zero-order chi connectivity index (χ0) is 18.2. The molecule has 2 aromatic carbocycles. The molecule has 0 spiro atoms. The fraction of sp³-hybridized carbons (Fsp3) is 0.158. The summed E-state index contributed by atoms with van der Waals surface area (Å²) in [6.07, 6.45) is 3.10. The lowest BCUT2D eigenvalue weighted by Crippen LogP contribution is -2.08. The Labute approximate surface area is 146 Å². The number of ether oxygens (including phenoxy) is 2. The summed E-state index contributed by atoms with van der Waals surface area (Å²) >= 11 is 0. The fourth-order valence-corrected chi connectivity index (χ4v) is 2.12. The van der Waals surface area contributed by atoms with Gasteiger partial charge in [-0.2, -0.15) is 0 Å². The Kier molecular flexibility index (Phi) is 6.17. The van der Waals surface area contributed by atoms with E-state index in [1.807, 2.05) is 0 Å². The van der Waals surface area contributed by atoms with Gasteiger partial charge in [0.05, 0.1) is 14.2 Å². The molecule has 2 N–H and O–H groups in total. The van der Waals surface area contributed by atoms with E-state index in [0.29, 0.717) is 22.9 Å². The molecular weight excluding hydrogens is 320 g/mol. The highest BCUT2D eigenvalue weighted by Gasteiger charge is 2.02. The van der Waals surface area contributed by atoms with Crippen molar-refractivity contribution in [2.45, 2.75) is 6.92 Å². The second-order valence-corrected chi connectivity index (χ2v) is 5.23. The molecule has 2 rings (SSSR count). The van der Waals surface area contributed by atoms with Gasteiger partial charge in [-0.05, 0) is 48.0 Å². The van der Waals surface area contributed by atoms with E-state index in [4.69, 9.17) is 9.47 Å². The summed E-state index contributed by atoms with van der Waals surface area (Å²) in [5.41, 5.74) is 2.09. The van der Waals surface area contributed by atoms with Crippen LogP contribution in [0, 0.1) is 0 Å². The van der Waals surface area contributed by atoms with Crippen LogP contribution in [0.15, 0.2) is 48.5 Å². The number of hydrogen-bond acceptors (Lipinski definition) is 4. The lowest BCUT2D eigenvalue weighted by atomic mass is 10.2. The predicted molar refractivity (Wildman–Crippen MR) is 98.0 cm³/mol. The number of anilines is 2. The van der Waals surface area contributed by atoms with Crippen molar-refractivity contribution >= 4 is 29.3 Å². The third-order valence-electron chi connectivity index (χ3n) is 3.27. The van der Waals surface area contributed by atoms with Crippen LogP contribution in [0.3, 0.4) is 0 Å². The van der Waals surface area contributed by atoms with E-state index in [1.54, 1.807) is 62.8 Å². The van der Waals surface area contributed by atoms with E-state index >= 15 is 0 Å². The number of carbonyl (C=O) groups is 2. The molecule has 2 aromatic rings. The van der Waals surface area contributed by atoms with Crippen LogP contribution in [0.1, 0.15) is 12.5 Å². The topological polar surface area (TPSA) is 76.7 Å². The minimum atomic E-state index is -0.269. The Morgan fingerprint density at radius 3 is 1.88 bits per heavy atom. The van der Waals surface area contributed by atoms with Crippen molar-refractivity contribution in [2.24, 2.45) is 0 Å². The summed E-state index contributed by atoms with van der Waals surface area (Å²) < 4.78 is 10.4. The van der Waals surface area contributed by atoms with Crippen LogP contribution in [0.5, 0.6) is 11.5 Å². The smallest absolute Gasteiger partial charge is 0.248 e. The van der Waals surface area contributed by atoms with Gasteiger partial charge in [-0.15, -0.1) is 0 Å². The lowest BCUT2D eigenvalue weighted by molar-refractivity contribution is -0.114. The minimum Gasteiger partial charge on any atom is -0.497 e. The average molecular weight is 340 g/mol. The van der Waals surface area contributed by atoms with Gasteiger partial charge in [0.2, 0.25) is 11.8 Å². The highest BCUT2D eigenvalue weighted by molar-refractivity contribution is 6.02. The van der Waals surface area contributed by atoms with Crippen LogP contribution < -0.4 is 20.1 Å². The zero-order valence-corrected chi connectivity index (χ0v) is 14.3. The summed E-state index contributed by atoms with van der Waals surface area (Å²) in [5.74, 6) is 0.878. The second-order valence-electron chi connectivity index (χ2n) is 5.23. The van der Waals surface area contributed by atoms with E-state index in [0.717, 1.165) is 5.56 Å². The molecule has 0 saturated carbocycles. The van der Waals surface area contributed by atoms with Crippen molar-refractivity contribution in [3.8, 4) is 11.5 Å². The van der Waals surface area contributed by atoms with Crippen LogP contribution in [0.4, 0.5) is 11.4 Å². The van der Waals surface area contributed by atoms with Crippen LogP contribution in [0.2, 0.25) is 0 Å². The van der Waals surface area contributed by atoms with Crippen molar-refractivity contribution in [3.05, 3.63) is 54.1 Å². The molecule has 0 aliphatic carbocycles. The van der Waals surface area contributed by atoms with Crippen molar-refractivity contribution in [2.75, 3.05) is 24.9 Å². The molecule has 0 radical (unpaired) electrons. The van der Waals surface area contributed by atoms with Crippen molar-refractivity contribution in [1.29, 1.82) is 0 Å². The Morgan fingerprint density at radius 2 is 1.40 bits per heavy atom. The van der Waals surface area contributed by atoms with E-state index in [-0.39, 0.29) is 11.8 Å². The second kappa shape index (κ2) is 8.54. The van der Waals surface area contributed by atoms with Crippen LogP contribution in [-0.4, -0.2) is 26.0 Å². The molecule has 25 heavy (non-hydrogen) atoms. The molecule has 0 bridgehead atoms. The van der Waals surface area contributed by atoms with Crippen molar-refractivity contribution in [1.82, 2.24) is 0 Å². The molecule has 0 unspecified atom stereocenters. The van der Waals surface area contributed by atoms with Crippen LogP contribution >= 0.6 is 0 Å². The molecule has 130 valence electrons. The monoisotopic (exact) mass is 340 g/mol. The number of amides is 2. The molecule has 0 heterocycles. The standard InChI is InChI=1S/C19H20N2O4/c1-13(22)20-15-5-7-16(8-6-15)21-19(23)9-4-14-10-17(24-2)12-18(11-14)25-3/h4-12H,1-3H3,(H,20,22)(H,21,23)/b9-4+. The van der Waals surface area contributed by atoms with Gasteiger partial charge in [0.15, 0.2) is 0 Å². The van der Waals surface area contributed by atoms with Crippen molar-refractivity contribution in [3.63, 3.8) is 0 Å². The zero-order valence-electron chi connectivity index (χ0n) is 14.3. The molecule has 0 saturated heterocycles. The van der Waals surface area contributed by atoms with E-state index in [9.17, 15) is 9.59 Å². The SMILES string of the molecule is COc1cc(/C=C/C(=O)Nc2ccc(NC(C)=O)cc2)cc(OC)c1. The number of carbonyl (C=O) groups excluding carboxylic acids is 2. The lowest BCUT2D eigenvalue weighted by Gasteiger charge is -2.06. The summed E-state index contributed by atoms with van der Waals surface area (Å²) in [4.78, 5) is 23.0. The van der Waals surface area contributed by atoms with E-state index in [2.05, 4.69) is 10.6 Å². The van der Waals surface area contributed by atoms with Gasteiger partial charge in [-0.1, -0.05) is 0 Å². The first-order valence-electron chi connectivity index (χ1n) is 7.60. The van der Waals surface area contributed by atoms with E-state index < -0.39 is 0 Å². The first kappa shape index (κ1) is 18.1. The Bertz CT molecular complexity index is 760. The van der Waals surface area contributed by atoms with Gasteiger partial charge in [-0.3, -0.25) is 9.59 Å². The van der Waals surface area contributed by atoms with Crippen LogP contribution in [-0.2, 0) is 9.59 Å². The van der Waals surface area contributed by atoms with Gasteiger partial charge < -0.3 is 20.1 Å². The molecule has 6 nitrogen and oxygen atoms in total. The summed E-state index contributed by atoms with van der Waals surface area (Å²) in [6, 6.07) is 12.2. The summed E-state index contributed by atoms with van der Waals surface area (Å²) in [7, 11) is 3.14. The number of methoxy groups -OCH3 is 2. The Hall–Kier alpha value is -3.28. The summed E-state index contributed by atoms with van der Waals surface area (Å²) in [6.45, 7) is 1.44.